The van der Waals surface area contributed by atoms with E-state index in [-0.39, 0.29) is 0 Å². The van der Waals surface area contributed by atoms with E-state index in [4.69, 9.17) is 0 Å². The van der Waals surface area contributed by atoms with Gasteiger partial charge >= 0.3 is 0 Å². The Kier molecular flexibility index (Phi) is 4.03. The van der Waals surface area contributed by atoms with Crippen LogP contribution >= 0.6 is 15.9 Å². The summed E-state index contributed by atoms with van der Waals surface area (Å²) in [5.74, 6) is 1.65. The molecule has 0 aliphatic carbocycles. The summed E-state index contributed by atoms with van der Waals surface area (Å²) in [6.07, 6.45) is 4.42. The molecule has 0 amide bonds. The average molecular weight is 293 g/mol. The molecule has 0 atom stereocenters. The first-order chi connectivity index (χ1) is 8.28. The first-order valence-corrected chi connectivity index (χ1v) is 6.23. The molecule has 5 heteroatoms. The molecule has 0 aliphatic rings. The Morgan fingerprint density at radius 2 is 2.24 bits per heavy atom. The highest BCUT2D eigenvalue weighted by molar-refractivity contribution is 9.10. The molecule has 2 rings (SSSR count). The SMILES string of the molecule is CCc1nc(Br)cc(NCc2cccnc2)n1. The Hall–Kier alpha value is -1.49. The minimum absolute atomic E-state index is 0.709. The molecule has 4 nitrogen and oxygen atoms in total. The Bertz CT molecular complexity index is 487. The summed E-state index contributed by atoms with van der Waals surface area (Å²) in [5, 5.41) is 3.26. The lowest BCUT2D eigenvalue weighted by Crippen LogP contribution is -2.04. The summed E-state index contributed by atoms with van der Waals surface area (Å²) in [6.45, 7) is 2.74. The molecule has 0 spiro atoms. The van der Waals surface area contributed by atoms with Crippen LogP contribution in [0.5, 0.6) is 0 Å². The number of rotatable bonds is 4. The summed E-state index contributed by atoms with van der Waals surface area (Å²) >= 11 is 3.38. The molecule has 0 aromatic carbocycles. The van der Waals surface area contributed by atoms with Gasteiger partial charge in [0.15, 0.2) is 0 Å². The van der Waals surface area contributed by atoms with E-state index in [0.717, 1.165) is 28.2 Å². The van der Waals surface area contributed by atoms with E-state index < -0.39 is 0 Å². The van der Waals surface area contributed by atoms with Crippen molar-refractivity contribution in [1.82, 2.24) is 15.0 Å². The highest BCUT2D eigenvalue weighted by Crippen LogP contribution is 2.13. The number of nitrogens with zero attached hydrogens (tertiary/aromatic N) is 3. The zero-order valence-electron chi connectivity index (χ0n) is 9.52. The van der Waals surface area contributed by atoms with Gasteiger partial charge in [0.2, 0.25) is 0 Å². The molecule has 0 unspecified atom stereocenters. The number of pyridine rings is 1. The maximum absolute atomic E-state index is 4.39. The third-order valence-electron chi connectivity index (χ3n) is 2.25. The molecule has 17 heavy (non-hydrogen) atoms. The third-order valence-corrected chi connectivity index (χ3v) is 2.66. The van der Waals surface area contributed by atoms with Crippen LogP contribution in [0.2, 0.25) is 0 Å². The molecule has 88 valence electrons. The van der Waals surface area contributed by atoms with Crippen LogP contribution in [0.25, 0.3) is 0 Å². The molecule has 0 aliphatic heterocycles. The predicted molar refractivity (Wildman–Crippen MR) is 70.7 cm³/mol. The Labute approximate surface area is 109 Å². The van der Waals surface area contributed by atoms with Gasteiger partial charge < -0.3 is 5.32 Å². The topological polar surface area (TPSA) is 50.7 Å². The zero-order chi connectivity index (χ0) is 12.1. The molecule has 0 saturated carbocycles. The highest BCUT2D eigenvalue weighted by atomic mass is 79.9. The molecule has 2 heterocycles. The lowest BCUT2D eigenvalue weighted by molar-refractivity contribution is 0.921. The smallest absolute Gasteiger partial charge is 0.131 e. The molecule has 0 fully saturated rings. The Balaban J connectivity index is 2.06. The third kappa shape index (κ3) is 3.49. The minimum atomic E-state index is 0.709. The van der Waals surface area contributed by atoms with E-state index >= 15 is 0 Å². The summed E-state index contributed by atoms with van der Waals surface area (Å²) in [7, 11) is 0. The van der Waals surface area contributed by atoms with Crippen LogP contribution in [0.3, 0.4) is 0 Å². The van der Waals surface area contributed by atoms with Gasteiger partial charge in [0.25, 0.3) is 0 Å². The molecule has 2 aromatic heterocycles. The fraction of sp³-hybridized carbons (Fsp3) is 0.250. The summed E-state index contributed by atoms with van der Waals surface area (Å²) in [5.41, 5.74) is 1.13. The number of anilines is 1. The lowest BCUT2D eigenvalue weighted by Gasteiger charge is -2.07. The fourth-order valence-corrected chi connectivity index (χ4v) is 1.83. The standard InChI is InChI=1S/C12H13BrN4/c1-2-11-16-10(13)6-12(17-11)15-8-9-4-3-5-14-7-9/h3-7H,2,8H2,1H3,(H,15,16,17). The quantitative estimate of drug-likeness (QED) is 0.881. The van der Waals surface area contributed by atoms with Crippen molar-refractivity contribution in [2.75, 3.05) is 5.32 Å². The zero-order valence-corrected chi connectivity index (χ0v) is 11.1. The Morgan fingerprint density at radius 3 is 2.94 bits per heavy atom. The first-order valence-electron chi connectivity index (χ1n) is 5.44. The summed E-state index contributed by atoms with van der Waals surface area (Å²) in [6, 6.07) is 5.82. The van der Waals surface area contributed by atoms with Gasteiger partial charge in [0.1, 0.15) is 16.2 Å². The average Bonchev–Trinajstić information content (AvgIpc) is 2.37. The molecular weight excluding hydrogens is 280 g/mol. The highest BCUT2D eigenvalue weighted by Gasteiger charge is 2.01. The van der Waals surface area contributed by atoms with Crippen LogP contribution in [0.4, 0.5) is 5.82 Å². The maximum atomic E-state index is 4.39. The van der Waals surface area contributed by atoms with E-state index in [0.29, 0.717) is 6.54 Å². The van der Waals surface area contributed by atoms with E-state index in [1.807, 2.05) is 31.3 Å². The van der Waals surface area contributed by atoms with E-state index in [9.17, 15) is 0 Å². The van der Waals surface area contributed by atoms with Crippen molar-refractivity contribution in [2.24, 2.45) is 0 Å². The van der Waals surface area contributed by atoms with E-state index in [1.165, 1.54) is 0 Å². The van der Waals surface area contributed by atoms with Crippen LogP contribution in [-0.2, 0) is 13.0 Å². The summed E-state index contributed by atoms with van der Waals surface area (Å²) in [4.78, 5) is 12.7. The van der Waals surface area contributed by atoms with Crippen molar-refractivity contribution < 1.29 is 0 Å². The Morgan fingerprint density at radius 1 is 1.35 bits per heavy atom. The number of aromatic nitrogens is 3. The number of aryl methyl sites for hydroxylation is 1. The van der Waals surface area contributed by atoms with Crippen LogP contribution < -0.4 is 5.32 Å². The fourth-order valence-electron chi connectivity index (χ4n) is 1.41. The number of nitrogens with one attached hydrogen (secondary N) is 1. The second-order valence-corrected chi connectivity index (χ2v) is 4.37. The van der Waals surface area contributed by atoms with Gasteiger partial charge in [0.05, 0.1) is 0 Å². The minimum Gasteiger partial charge on any atom is -0.366 e. The molecule has 2 aromatic rings. The molecule has 0 bridgehead atoms. The number of halogens is 1. The number of hydrogen-bond acceptors (Lipinski definition) is 4. The van der Waals surface area contributed by atoms with E-state index in [1.54, 1.807) is 6.20 Å². The van der Waals surface area contributed by atoms with Gasteiger partial charge in [-0.15, -0.1) is 0 Å². The molecular formula is C12H13BrN4. The van der Waals surface area contributed by atoms with E-state index in [2.05, 4.69) is 36.2 Å². The van der Waals surface area contributed by atoms with Crippen molar-refractivity contribution in [3.8, 4) is 0 Å². The summed E-state index contributed by atoms with van der Waals surface area (Å²) < 4.78 is 0.804. The van der Waals surface area contributed by atoms with Crippen molar-refractivity contribution in [2.45, 2.75) is 19.9 Å². The second kappa shape index (κ2) is 5.72. The van der Waals surface area contributed by atoms with Crippen molar-refractivity contribution in [1.29, 1.82) is 0 Å². The maximum Gasteiger partial charge on any atom is 0.131 e. The first kappa shape index (κ1) is 12.0. The van der Waals surface area contributed by atoms with Crippen LogP contribution in [-0.4, -0.2) is 15.0 Å². The second-order valence-electron chi connectivity index (χ2n) is 3.56. The van der Waals surface area contributed by atoms with Gasteiger partial charge in [0, 0.05) is 31.4 Å². The normalized spacial score (nSPS) is 10.2. The van der Waals surface area contributed by atoms with Crippen molar-refractivity contribution >= 4 is 21.7 Å². The van der Waals surface area contributed by atoms with Crippen LogP contribution in [0.1, 0.15) is 18.3 Å². The van der Waals surface area contributed by atoms with Gasteiger partial charge in [-0.1, -0.05) is 13.0 Å². The molecule has 0 radical (unpaired) electrons. The van der Waals surface area contributed by atoms with Crippen LogP contribution in [0.15, 0.2) is 35.2 Å². The monoisotopic (exact) mass is 292 g/mol. The number of hydrogen-bond donors (Lipinski definition) is 1. The van der Waals surface area contributed by atoms with Gasteiger partial charge in [-0.2, -0.15) is 0 Å². The van der Waals surface area contributed by atoms with Crippen LogP contribution in [0, 0.1) is 0 Å². The van der Waals surface area contributed by atoms with Gasteiger partial charge in [-0.3, -0.25) is 4.98 Å². The van der Waals surface area contributed by atoms with Gasteiger partial charge in [-0.05, 0) is 27.6 Å². The largest absolute Gasteiger partial charge is 0.366 e. The molecule has 1 N–H and O–H groups in total. The van der Waals surface area contributed by atoms with Crippen molar-refractivity contribution in [3.63, 3.8) is 0 Å². The molecule has 0 saturated heterocycles. The lowest BCUT2D eigenvalue weighted by atomic mass is 10.3. The van der Waals surface area contributed by atoms with Crippen molar-refractivity contribution in [3.05, 3.63) is 46.6 Å². The van der Waals surface area contributed by atoms with Gasteiger partial charge in [-0.25, -0.2) is 9.97 Å². The predicted octanol–water partition coefficient (Wildman–Crippen LogP) is 2.81.